The lowest BCUT2D eigenvalue weighted by Gasteiger charge is -2.32. The number of piperidine rings is 1. The molecule has 0 bridgehead atoms. The van der Waals surface area contributed by atoms with Gasteiger partial charge in [0.15, 0.2) is 0 Å². The van der Waals surface area contributed by atoms with Crippen LogP contribution in [0.1, 0.15) is 30.7 Å². The van der Waals surface area contributed by atoms with Gasteiger partial charge >= 0.3 is 5.69 Å². The number of ether oxygens (including phenoxy) is 1. The third kappa shape index (κ3) is 4.93. The van der Waals surface area contributed by atoms with Crippen LogP contribution in [0.3, 0.4) is 0 Å². The molecular formula is C20H24FN3O3. The summed E-state index contributed by atoms with van der Waals surface area (Å²) in [5.74, 6) is 0.380. The number of likely N-dealkylation sites (tertiary alicyclic amines) is 1. The molecule has 1 fully saturated rings. The Morgan fingerprint density at radius 2 is 1.89 bits per heavy atom. The zero-order chi connectivity index (χ0) is 19.4. The van der Waals surface area contributed by atoms with Crippen molar-refractivity contribution >= 4 is 5.91 Å². The fraction of sp³-hybridized carbons (Fsp3) is 0.450. The second kappa shape index (κ2) is 8.33. The number of hydrogen-bond donors (Lipinski definition) is 0. The molecule has 1 aliphatic heterocycles. The Kier molecular flexibility index (Phi) is 5.88. The van der Waals surface area contributed by atoms with Gasteiger partial charge in [-0.1, -0.05) is 0 Å². The molecule has 0 aliphatic carbocycles. The molecule has 1 saturated heterocycles. The molecule has 0 saturated carbocycles. The van der Waals surface area contributed by atoms with Crippen molar-refractivity contribution in [1.29, 1.82) is 0 Å². The average Bonchev–Trinajstić information content (AvgIpc) is 2.63. The summed E-state index contributed by atoms with van der Waals surface area (Å²) in [5, 5.41) is 0. The van der Waals surface area contributed by atoms with Crippen molar-refractivity contribution in [2.75, 3.05) is 13.1 Å². The maximum Gasteiger partial charge on any atom is 0.347 e. The van der Waals surface area contributed by atoms with Gasteiger partial charge in [-0.25, -0.2) is 9.18 Å². The van der Waals surface area contributed by atoms with Crippen molar-refractivity contribution in [3.8, 4) is 5.75 Å². The Balaban J connectivity index is 1.48. The number of carbonyl (C=O) groups excluding carboxylic acids is 1. The Bertz CT molecular complexity index is 856. The van der Waals surface area contributed by atoms with Crippen molar-refractivity contribution in [3.05, 3.63) is 58.0 Å². The first-order valence-corrected chi connectivity index (χ1v) is 9.17. The summed E-state index contributed by atoms with van der Waals surface area (Å²) in [6.45, 7) is 5.19. The molecule has 7 heteroatoms. The first kappa shape index (κ1) is 19.1. The van der Waals surface area contributed by atoms with Crippen molar-refractivity contribution in [1.82, 2.24) is 14.5 Å². The number of nitrogens with zero attached hydrogens (tertiary/aromatic N) is 3. The maximum atomic E-state index is 12.9. The molecule has 2 heterocycles. The fourth-order valence-corrected chi connectivity index (χ4v) is 3.34. The summed E-state index contributed by atoms with van der Waals surface area (Å²) in [7, 11) is 0. The molecule has 6 nitrogen and oxygen atoms in total. The van der Waals surface area contributed by atoms with Crippen molar-refractivity contribution in [2.45, 2.75) is 45.8 Å². The zero-order valence-electron chi connectivity index (χ0n) is 15.7. The SMILES string of the molecule is Cc1cc(C)n(CCC(=O)N2CCC(Oc3ccc(F)cc3)CC2)c(=O)n1. The van der Waals surface area contributed by atoms with Crippen LogP contribution in [-0.4, -0.2) is 39.6 Å². The predicted molar refractivity (Wildman–Crippen MR) is 99.2 cm³/mol. The van der Waals surface area contributed by atoms with Gasteiger partial charge < -0.3 is 9.64 Å². The number of benzene rings is 1. The van der Waals surface area contributed by atoms with Crippen LogP contribution in [0.5, 0.6) is 5.75 Å². The van der Waals surface area contributed by atoms with Gasteiger partial charge in [-0.15, -0.1) is 0 Å². The fourth-order valence-electron chi connectivity index (χ4n) is 3.34. The number of rotatable bonds is 5. The van der Waals surface area contributed by atoms with E-state index in [0.29, 0.717) is 31.1 Å². The van der Waals surface area contributed by atoms with Gasteiger partial charge in [-0.05, 0) is 44.2 Å². The van der Waals surface area contributed by atoms with Crippen LogP contribution in [0.4, 0.5) is 4.39 Å². The molecule has 0 radical (unpaired) electrons. The molecule has 1 aromatic carbocycles. The summed E-state index contributed by atoms with van der Waals surface area (Å²) in [4.78, 5) is 30.2. The van der Waals surface area contributed by atoms with Gasteiger partial charge in [-0.2, -0.15) is 4.98 Å². The van der Waals surface area contributed by atoms with Crippen LogP contribution in [0.15, 0.2) is 35.1 Å². The van der Waals surface area contributed by atoms with Gasteiger partial charge in [0, 0.05) is 50.3 Å². The second-order valence-corrected chi connectivity index (χ2v) is 6.88. The highest BCUT2D eigenvalue weighted by Crippen LogP contribution is 2.20. The number of amides is 1. The van der Waals surface area contributed by atoms with E-state index < -0.39 is 0 Å². The van der Waals surface area contributed by atoms with E-state index in [2.05, 4.69) is 4.98 Å². The van der Waals surface area contributed by atoms with E-state index in [9.17, 15) is 14.0 Å². The number of carbonyl (C=O) groups is 1. The van der Waals surface area contributed by atoms with Crippen LogP contribution < -0.4 is 10.4 Å². The third-order valence-corrected chi connectivity index (χ3v) is 4.81. The van der Waals surface area contributed by atoms with E-state index in [1.165, 1.54) is 16.7 Å². The van der Waals surface area contributed by atoms with E-state index >= 15 is 0 Å². The Hall–Kier alpha value is -2.70. The summed E-state index contributed by atoms with van der Waals surface area (Å²) < 4.78 is 20.3. The van der Waals surface area contributed by atoms with Crippen LogP contribution in [0.2, 0.25) is 0 Å². The highest BCUT2D eigenvalue weighted by molar-refractivity contribution is 5.76. The van der Waals surface area contributed by atoms with E-state index in [1.54, 1.807) is 19.1 Å². The third-order valence-electron chi connectivity index (χ3n) is 4.81. The van der Waals surface area contributed by atoms with Crippen molar-refractivity contribution < 1.29 is 13.9 Å². The summed E-state index contributed by atoms with van der Waals surface area (Å²) in [6, 6.07) is 7.81. The number of hydrogen-bond acceptors (Lipinski definition) is 4. The Morgan fingerprint density at radius 1 is 1.22 bits per heavy atom. The van der Waals surface area contributed by atoms with Crippen LogP contribution in [0.25, 0.3) is 0 Å². The minimum atomic E-state index is -0.313. The molecule has 1 aromatic heterocycles. The lowest BCUT2D eigenvalue weighted by atomic mass is 10.1. The zero-order valence-corrected chi connectivity index (χ0v) is 15.7. The quantitative estimate of drug-likeness (QED) is 0.808. The van der Waals surface area contributed by atoms with Gasteiger partial charge in [0.2, 0.25) is 5.91 Å². The molecule has 0 spiro atoms. The normalized spacial score (nSPS) is 15.0. The van der Waals surface area contributed by atoms with E-state index in [1.807, 2.05) is 17.9 Å². The minimum absolute atomic E-state index is 0.0191. The summed E-state index contributed by atoms with van der Waals surface area (Å²) >= 11 is 0. The molecule has 2 aromatic rings. The van der Waals surface area contributed by atoms with Crippen LogP contribution in [-0.2, 0) is 11.3 Å². The number of aryl methyl sites for hydroxylation is 2. The van der Waals surface area contributed by atoms with E-state index in [-0.39, 0.29) is 29.9 Å². The second-order valence-electron chi connectivity index (χ2n) is 6.88. The predicted octanol–water partition coefficient (Wildman–Crippen LogP) is 2.46. The molecular weight excluding hydrogens is 349 g/mol. The molecule has 0 N–H and O–H groups in total. The summed E-state index contributed by atoms with van der Waals surface area (Å²) in [6.07, 6.45) is 1.75. The highest BCUT2D eigenvalue weighted by Gasteiger charge is 2.24. The number of aromatic nitrogens is 2. The largest absolute Gasteiger partial charge is 0.490 e. The first-order chi connectivity index (χ1) is 12.9. The highest BCUT2D eigenvalue weighted by atomic mass is 19.1. The van der Waals surface area contributed by atoms with Gasteiger partial charge in [0.1, 0.15) is 17.7 Å². The van der Waals surface area contributed by atoms with Gasteiger partial charge in [0.05, 0.1) is 0 Å². The molecule has 1 aliphatic rings. The molecule has 27 heavy (non-hydrogen) atoms. The van der Waals surface area contributed by atoms with Crippen LogP contribution >= 0.6 is 0 Å². The van der Waals surface area contributed by atoms with E-state index in [0.717, 1.165) is 18.5 Å². The van der Waals surface area contributed by atoms with Crippen molar-refractivity contribution in [3.63, 3.8) is 0 Å². The maximum absolute atomic E-state index is 12.9. The van der Waals surface area contributed by atoms with Gasteiger partial charge in [0.25, 0.3) is 0 Å². The lowest BCUT2D eigenvalue weighted by molar-refractivity contribution is -0.133. The average molecular weight is 373 g/mol. The lowest BCUT2D eigenvalue weighted by Crippen LogP contribution is -2.42. The first-order valence-electron chi connectivity index (χ1n) is 9.17. The molecule has 144 valence electrons. The number of halogens is 1. The molecule has 1 amide bonds. The minimum Gasteiger partial charge on any atom is -0.490 e. The monoisotopic (exact) mass is 373 g/mol. The van der Waals surface area contributed by atoms with Gasteiger partial charge in [-0.3, -0.25) is 9.36 Å². The Morgan fingerprint density at radius 3 is 2.52 bits per heavy atom. The Labute approximate surface area is 157 Å². The van der Waals surface area contributed by atoms with E-state index in [4.69, 9.17) is 4.74 Å². The molecule has 0 unspecified atom stereocenters. The molecule has 3 rings (SSSR count). The smallest absolute Gasteiger partial charge is 0.347 e. The summed E-state index contributed by atoms with van der Waals surface area (Å²) in [5.41, 5.74) is 1.18. The van der Waals surface area contributed by atoms with Crippen molar-refractivity contribution in [2.24, 2.45) is 0 Å². The topological polar surface area (TPSA) is 64.4 Å². The standard InChI is InChI=1S/C20H24FN3O3/c1-14-13-15(2)24(20(26)22-14)12-9-19(25)23-10-7-18(8-11-23)27-17-5-3-16(21)4-6-17/h3-6,13,18H,7-12H2,1-2H3. The van der Waals surface area contributed by atoms with Crippen LogP contribution in [0, 0.1) is 19.7 Å². The molecule has 0 atom stereocenters.